The zero-order chi connectivity index (χ0) is 15.0. The number of anilines is 1. The minimum atomic E-state index is -5.04. The first-order valence-corrected chi connectivity index (χ1v) is 4.89. The van der Waals surface area contributed by atoms with Crippen molar-refractivity contribution in [1.82, 2.24) is 0 Å². The molecule has 0 aromatic heterocycles. The third-order valence-corrected chi connectivity index (χ3v) is 2.54. The number of hydrogen-bond acceptors (Lipinski definition) is 5. The van der Waals surface area contributed by atoms with E-state index >= 15 is 0 Å². The smallest absolute Gasteiger partial charge is 0.377 e. The van der Waals surface area contributed by atoms with E-state index in [4.69, 9.17) is 11.6 Å². The van der Waals surface area contributed by atoms with Crippen LogP contribution in [0.5, 0.6) is 0 Å². The van der Waals surface area contributed by atoms with E-state index in [2.05, 4.69) is 5.32 Å². The van der Waals surface area contributed by atoms with Crippen molar-refractivity contribution in [2.45, 2.75) is 6.18 Å². The summed E-state index contributed by atoms with van der Waals surface area (Å²) in [6.07, 6.45) is -5.04. The molecule has 0 aliphatic heterocycles. The monoisotopic (exact) mass is 299 g/mol. The summed E-state index contributed by atoms with van der Waals surface area (Å²) >= 11 is 5.32. The molecule has 0 fully saturated rings. The van der Waals surface area contributed by atoms with Crippen LogP contribution in [0.25, 0.3) is 0 Å². The van der Waals surface area contributed by atoms with Crippen LogP contribution in [0.1, 0.15) is 5.56 Å². The number of nitrogens with zero attached hydrogens (tertiary/aromatic N) is 2. The first kappa shape index (κ1) is 15.0. The Balaban J connectivity index is 3.83. The van der Waals surface area contributed by atoms with Gasteiger partial charge in [0.05, 0.1) is 15.4 Å². The number of alkyl halides is 3. The van der Waals surface area contributed by atoms with Gasteiger partial charge in [-0.05, 0) is 0 Å². The molecule has 0 radical (unpaired) electrons. The number of halogens is 4. The van der Waals surface area contributed by atoms with Crippen molar-refractivity contribution in [3.63, 3.8) is 0 Å². The highest BCUT2D eigenvalue weighted by atomic mass is 35.5. The molecule has 19 heavy (non-hydrogen) atoms. The topological polar surface area (TPSA) is 98.3 Å². The SMILES string of the molecule is CNc1c([N+](=O)[O-])cc(C(F)(F)F)c(Cl)c1[N+](=O)[O-]. The molecule has 0 heterocycles. The standard InChI is InChI=1S/C8H5ClF3N3O4/c1-13-6-4(14(16)17)2-3(8(10,11)12)5(9)7(6)15(18)19/h2,13H,1H3. The van der Waals surface area contributed by atoms with Gasteiger partial charge in [0.1, 0.15) is 5.02 Å². The van der Waals surface area contributed by atoms with Crippen LogP contribution >= 0.6 is 11.6 Å². The molecule has 1 aromatic carbocycles. The van der Waals surface area contributed by atoms with Gasteiger partial charge >= 0.3 is 11.9 Å². The maximum atomic E-state index is 12.6. The van der Waals surface area contributed by atoms with Crippen LogP contribution in [-0.4, -0.2) is 16.9 Å². The Labute approximate surface area is 108 Å². The first-order valence-electron chi connectivity index (χ1n) is 4.51. The molecule has 0 amide bonds. The van der Waals surface area contributed by atoms with Crippen LogP contribution in [0.4, 0.5) is 30.2 Å². The molecule has 0 atom stereocenters. The van der Waals surface area contributed by atoms with E-state index in [0.717, 1.165) is 7.05 Å². The highest BCUT2D eigenvalue weighted by Crippen LogP contribution is 2.47. The average Bonchev–Trinajstić information content (AvgIpc) is 2.25. The molecule has 0 saturated carbocycles. The average molecular weight is 300 g/mol. The Morgan fingerprint density at radius 3 is 2.11 bits per heavy atom. The fourth-order valence-electron chi connectivity index (χ4n) is 1.40. The Kier molecular flexibility index (Phi) is 3.84. The summed E-state index contributed by atoms with van der Waals surface area (Å²) in [7, 11) is 1.10. The van der Waals surface area contributed by atoms with E-state index in [0.29, 0.717) is 0 Å². The van der Waals surface area contributed by atoms with E-state index in [-0.39, 0.29) is 6.07 Å². The normalized spacial score (nSPS) is 11.2. The summed E-state index contributed by atoms with van der Waals surface area (Å²) in [5, 5.41) is 22.3. The van der Waals surface area contributed by atoms with E-state index in [1.165, 1.54) is 0 Å². The van der Waals surface area contributed by atoms with Crippen LogP contribution in [0, 0.1) is 20.2 Å². The summed E-state index contributed by atoms with van der Waals surface area (Å²) in [5.41, 5.74) is -4.59. The second kappa shape index (κ2) is 4.88. The minimum absolute atomic E-state index is 0.154. The van der Waals surface area contributed by atoms with Gasteiger partial charge in [-0.15, -0.1) is 0 Å². The van der Waals surface area contributed by atoms with Crippen LogP contribution in [-0.2, 0) is 6.18 Å². The van der Waals surface area contributed by atoms with Crippen molar-refractivity contribution in [3.8, 4) is 0 Å². The first-order chi connectivity index (χ1) is 8.61. The van der Waals surface area contributed by atoms with Gasteiger partial charge < -0.3 is 5.32 Å². The molecule has 0 spiro atoms. The van der Waals surface area contributed by atoms with Gasteiger partial charge in [0.15, 0.2) is 5.69 Å². The minimum Gasteiger partial charge on any atom is -0.377 e. The fraction of sp³-hybridized carbons (Fsp3) is 0.250. The molecule has 1 N–H and O–H groups in total. The third kappa shape index (κ3) is 2.67. The van der Waals surface area contributed by atoms with Gasteiger partial charge in [-0.25, -0.2) is 0 Å². The second-order valence-corrected chi connectivity index (χ2v) is 3.62. The van der Waals surface area contributed by atoms with Gasteiger partial charge in [-0.3, -0.25) is 20.2 Å². The molecule has 7 nitrogen and oxygen atoms in total. The molecular formula is C8H5ClF3N3O4. The van der Waals surface area contributed by atoms with Crippen LogP contribution in [0.3, 0.4) is 0 Å². The number of nitro groups is 2. The highest BCUT2D eigenvalue weighted by molar-refractivity contribution is 6.34. The third-order valence-electron chi connectivity index (χ3n) is 2.15. The predicted octanol–water partition coefficient (Wildman–Crippen LogP) is 3.22. The van der Waals surface area contributed by atoms with Crippen molar-refractivity contribution in [3.05, 3.63) is 36.9 Å². The lowest BCUT2D eigenvalue weighted by Crippen LogP contribution is -2.11. The van der Waals surface area contributed by atoms with E-state index in [9.17, 15) is 33.4 Å². The number of benzene rings is 1. The van der Waals surface area contributed by atoms with Crippen molar-refractivity contribution >= 4 is 28.7 Å². The number of hydrogen-bond donors (Lipinski definition) is 1. The molecule has 0 saturated heterocycles. The van der Waals surface area contributed by atoms with Gasteiger partial charge in [-0.1, -0.05) is 11.6 Å². The zero-order valence-corrected chi connectivity index (χ0v) is 9.87. The van der Waals surface area contributed by atoms with Gasteiger partial charge in [0, 0.05) is 13.1 Å². The molecular weight excluding hydrogens is 295 g/mol. The van der Waals surface area contributed by atoms with E-state index < -0.39 is 43.7 Å². The lowest BCUT2D eigenvalue weighted by Gasteiger charge is -2.11. The van der Waals surface area contributed by atoms with E-state index in [1.54, 1.807) is 0 Å². The van der Waals surface area contributed by atoms with Crippen LogP contribution in [0.15, 0.2) is 6.07 Å². The maximum absolute atomic E-state index is 12.6. The van der Waals surface area contributed by atoms with Crippen molar-refractivity contribution in [2.75, 3.05) is 12.4 Å². The summed E-state index contributed by atoms with van der Waals surface area (Å²) in [5.74, 6) is 0. The molecule has 0 aliphatic carbocycles. The zero-order valence-electron chi connectivity index (χ0n) is 9.12. The Morgan fingerprint density at radius 2 is 1.79 bits per heavy atom. The second-order valence-electron chi connectivity index (χ2n) is 3.24. The summed E-state index contributed by atoms with van der Waals surface area (Å²) in [4.78, 5) is 19.1. The Morgan fingerprint density at radius 1 is 1.26 bits per heavy atom. The van der Waals surface area contributed by atoms with Gasteiger partial charge in [0.25, 0.3) is 5.69 Å². The van der Waals surface area contributed by atoms with E-state index in [1.807, 2.05) is 0 Å². The quantitative estimate of drug-likeness (QED) is 0.682. The lowest BCUT2D eigenvalue weighted by molar-refractivity contribution is -0.392. The van der Waals surface area contributed by atoms with Crippen molar-refractivity contribution in [2.24, 2.45) is 0 Å². The van der Waals surface area contributed by atoms with Crippen molar-refractivity contribution in [1.29, 1.82) is 0 Å². The lowest BCUT2D eigenvalue weighted by atomic mass is 10.1. The van der Waals surface area contributed by atoms with Crippen molar-refractivity contribution < 1.29 is 23.0 Å². The van der Waals surface area contributed by atoms with Crippen LogP contribution < -0.4 is 5.32 Å². The number of rotatable bonds is 3. The highest BCUT2D eigenvalue weighted by Gasteiger charge is 2.41. The number of nitro benzene ring substituents is 2. The fourth-order valence-corrected chi connectivity index (χ4v) is 1.72. The summed E-state index contributed by atoms with van der Waals surface area (Å²) in [6.45, 7) is 0. The summed E-state index contributed by atoms with van der Waals surface area (Å²) in [6, 6.07) is 0.154. The summed E-state index contributed by atoms with van der Waals surface area (Å²) < 4.78 is 37.9. The van der Waals surface area contributed by atoms with Gasteiger partial charge in [-0.2, -0.15) is 13.2 Å². The van der Waals surface area contributed by atoms with Gasteiger partial charge in [0.2, 0.25) is 0 Å². The Bertz CT molecular complexity index is 561. The maximum Gasteiger partial charge on any atom is 0.418 e. The molecule has 0 aliphatic rings. The largest absolute Gasteiger partial charge is 0.418 e. The molecule has 11 heteroatoms. The Hall–Kier alpha value is -2.10. The van der Waals surface area contributed by atoms with Crippen LogP contribution in [0.2, 0.25) is 5.02 Å². The molecule has 1 rings (SSSR count). The predicted molar refractivity (Wildman–Crippen MR) is 59.3 cm³/mol. The molecule has 1 aromatic rings. The number of nitrogens with one attached hydrogen (secondary N) is 1. The molecule has 104 valence electrons. The molecule has 0 unspecified atom stereocenters. The molecule has 0 bridgehead atoms.